The maximum absolute atomic E-state index is 11.6. The molecule has 0 fully saturated rings. The zero-order chi connectivity index (χ0) is 13.5. The average molecular weight is 253 g/mol. The van der Waals surface area contributed by atoms with Crippen molar-refractivity contribution in [1.29, 1.82) is 0 Å². The Kier molecular flexibility index (Phi) is 4.98. The van der Waals surface area contributed by atoms with Crippen molar-refractivity contribution in [2.24, 2.45) is 0 Å². The fourth-order valence-electron chi connectivity index (χ4n) is 1.43. The zero-order valence-electron chi connectivity index (χ0n) is 9.72. The third-order valence-electron chi connectivity index (χ3n) is 2.27. The highest BCUT2D eigenvalue weighted by Gasteiger charge is 2.07. The topological polar surface area (TPSA) is 107 Å². The summed E-state index contributed by atoms with van der Waals surface area (Å²) >= 11 is 0. The molecule has 1 aromatic carbocycles. The molecule has 4 N–H and O–H groups in total. The number of hydrogen-bond donors (Lipinski definition) is 4. The van der Waals surface area contributed by atoms with Gasteiger partial charge < -0.3 is 20.6 Å². The van der Waals surface area contributed by atoms with Gasteiger partial charge in [-0.3, -0.25) is 9.59 Å². The fourth-order valence-corrected chi connectivity index (χ4v) is 1.43. The predicted molar refractivity (Wildman–Crippen MR) is 63.6 cm³/mol. The first-order chi connectivity index (χ1) is 8.49. The third-order valence-corrected chi connectivity index (χ3v) is 2.27. The lowest BCUT2D eigenvalue weighted by atomic mass is 10.2. The molecular formula is C12H15NO5. The molecule has 18 heavy (non-hydrogen) atoms. The smallest absolute Gasteiger partial charge is 0.303 e. The Hall–Kier alpha value is -2.24. The first kappa shape index (κ1) is 13.8. The third kappa shape index (κ3) is 4.73. The van der Waals surface area contributed by atoms with Crippen molar-refractivity contribution in [3.8, 4) is 11.5 Å². The second-order valence-corrected chi connectivity index (χ2v) is 3.84. The Bertz CT molecular complexity index is 424. The van der Waals surface area contributed by atoms with Crippen LogP contribution in [-0.4, -0.2) is 33.7 Å². The van der Waals surface area contributed by atoms with E-state index in [0.717, 1.165) is 6.07 Å². The molecule has 0 saturated carbocycles. The molecular weight excluding hydrogens is 238 g/mol. The van der Waals surface area contributed by atoms with Crippen molar-refractivity contribution >= 4 is 11.9 Å². The maximum Gasteiger partial charge on any atom is 0.303 e. The molecule has 6 heteroatoms. The summed E-state index contributed by atoms with van der Waals surface area (Å²) < 4.78 is 0. The minimum Gasteiger partial charge on any atom is -0.508 e. The van der Waals surface area contributed by atoms with Crippen LogP contribution in [0.25, 0.3) is 0 Å². The Morgan fingerprint density at radius 3 is 2.22 bits per heavy atom. The highest BCUT2D eigenvalue weighted by atomic mass is 16.4. The molecule has 1 amide bonds. The van der Waals surface area contributed by atoms with E-state index < -0.39 is 11.9 Å². The quantitative estimate of drug-likeness (QED) is 0.567. The standard InChI is InChI=1S/C12H15NO5/c14-9-5-8(6-10(15)7-9)12(18)13-4-2-1-3-11(16)17/h5-7,14-15H,1-4H2,(H,13,18)(H,16,17). The lowest BCUT2D eigenvalue weighted by molar-refractivity contribution is -0.137. The minimum absolute atomic E-state index is 0.0722. The number of benzene rings is 1. The Morgan fingerprint density at radius 2 is 1.67 bits per heavy atom. The van der Waals surface area contributed by atoms with E-state index in [1.807, 2.05) is 0 Å². The second kappa shape index (κ2) is 6.48. The van der Waals surface area contributed by atoms with Crippen LogP contribution in [0.3, 0.4) is 0 Å². The van der Waals surface area contributed by atoms with Crippen LogP contribution in [0, 0.1) is 0 Å². The van der Waals surface area contributed by atoms with E-state index >= 15 is 0 Å². The van der Waals surface area contributed by atoms with Crippen LogP contribution < -0.4 is 5.32 Å². The minimum atomic E-state index is -0.862. The van der Waals surface area contributed by atoms with Crippen LogP contribution in [0.1, 0.15) is 29.6 Å². The van der Waals surface area contributed by atoms with Gasteiger partial charge in [-0.05, 0) is 25.0 Å². The van der Waals surface area contributed by atoms with Gasteiger partial charge in [0, 0.05) is 24.6 Å². The second-order valence-electron chi connectivity index (χ2n) is 3.84. The Morgan fingerprint density at radius 1 is 1.06 bits per heavy atom. The SMILES string of the molecule is O=C(O)CCCCNC(=O)c1cc(O)cc(O)c1. The molecule has 0 aliphatic heterocycles. The molecule has 1 aromatic rings. The normalized spacial score (nSPS) is 10.0. The summed E-state index contributed by atoms with van der Waals surface area (Å²) in [5, 5.41) is 29.4. The van der Waals surface area contributed by atoms with Gasteiger partial charge in [-0.2, -0.15) is 0 Å². The van der Waals surface area contributed by atoms with E-state index in [4.69, 9.17) is 5.11 Å². The van der Waals surface area contributed by atoms with Gasteiger partial charge in [0.2, 0.25) is 0 Å². The molecule has 0 bridgehead atoms. The lowest BCUT2D eigenvalue weighted by Gasteiger charge is -2.05. The van der Waals surface area contributed by atoms with Crippen LogP contribution in [0.5, 0.6) is 11.5 Å². The van der Waals surface area contributed by atoms with Gasteiger partial charge in [0.05, 0.1) is 0 Å². The summed E-state index contributed by atoms with van der Waals surface area (Å²) in [5.41, 5.74) is 0.158. The summed E-state index contributed by atoms with van der Waals surface area (Å²) in [5.74, 6) is -1.66. The number of unbranched alkanes of at least 4 members (excludes halogenated alkanes) is 1. The summed E-state index contributed by atoms with van der Waals surface area (Å²) in [6.07, 6.45) is 1.12. The van der Waals surface area contributed by atoms with Gasteiger partial charge in [-0.25, -0.2) is 0 Å². The lowest BCUT2D eigenvalue weighted by Crippen LogP contribution is -2.24. The van der Waals surface area contributed by atoms with Crippen molar-refractivity contribution in [2.75, 3.05) is 6.54 Å². The number of phenols is 2. The first-order valence-corrected chi connectivity index (χ1v) is 5.52. The highest BCUT2D eigenvalue weighted by molar-refractivity contribution is 5.95. The number of carbonyl (C=O) groups excluding carboxylic acids is 1. The monoisotopic (exact) mass is 253 g/mol. The summed E-state index contributed by atoms with van der Waals surface area (Å²) in [6.45, 7) is 0.350. The number of rotatable bonds is 6. The molecule has 0 radical (unpaired) electrons. The number of hydrogen-bond acceptors (Lipinski definition) is 4. The van der Waals surface area contributed by atoms with Gasteiger partial charge in [-0.1, -0.05) is 0 Å². The molecule has 0 saturated heterocycles. The Balaban J connectivity index is 2.38. The van der Waals surface area contributed by atoms with E-state index in [9.17, 15) is 19.8 Å². The van der Waals surface area contributed by atoms with E-state index in [0.29, 0.717) is 19.4 Å². The molecule has 98 valence electrons. The van der Waals surface area contributed by atoms with Crippen molar-refractivity contribution < 1.29 is 24.9 Å². The first-order valence-electron chi connectivity index (χ1n) is 5.52. The predicted octanol–water partition coefficient (Wildman–Crippen LogP) is 1.08. The summed E-state index contributed by atoms with van der Waals surface area (Å²) in [6, 6.07) is 3.61. The molecule has 0 aromatic heterocycles. The van der Waals surface area contributed by atoms with E-state index in [1.54, 1.807) is 0 Å². The molecule has 6 nitrogen and oxygen atoms in total. The molecule has 0 heterocycles. The number of aliphatic carboxylic acids is 1. The number of carboxylic acid groups (broad SMARTS) is 1. The van der Waals surface area contributed by atoms with Gasteiger partial charge in [-0.15, -0.1) is 0 Å². The maximum atomic E-state index is 11.6. The van der Waals surface area contributed by atoms with Crippen LogP contribution in [0.15, 0.2) is 18.2 Å². The molecule has 1 rings (SSSR count). The van der Waals surface area contributed by atoms with Gasteiger partial charge >= 0.3 is 5.97 Å². The van der Waals surface area contributed by atoms with Gasteiger partial charge in [0.15, 0.2) is 0 Å². The number of nitrogens with one attached hydrogen (secondary N) is 1. The van der Waals surface area contributed by atoms with Crippen LogP contribution in [0.2, 0.25) is 0 Å². The molecule has 0 aliphatic carbocycles. The van der Waals surface area contributed by atoms with Crippen LogP contribution in [-0.2, 0) is 4.79 Å². The Labute approximate surface area is 104 Å². The van der Waals surface area contributed by atoms with Crippen molar-refractivity contribution in [2.45, 2.75) is 19.3 Å². The molecule has 0 aliphatic rings. The molecule has 0 atom stereocenters. The number of carboxylic acids is 1. The van der Waals surface area contributed by atoms with E-state index in [2.05, 4.69) is 5.32 Å². The number of amides is 1. The van der Waals surface area contributed by atoms with E-state index in [1.165, 1.54) is 12.1 Å². The van der Waals surface area contributed by atoms with Gasteiger partial charge in [0.1, 0.15) is 11.5 Å². The number of aromatic hydroxyl groups is 2. The van der Waals surface area contributed by atoms with Crippen molar-refractivity contribution in [3.05, 3.63) is 23.8 Å². The van der Waals surface area contributed by atoms with Crippen LogP contribution >= 0.6 is 0 Å². The summed E-state index contributed by atoms with van der Waals surface area (Å²) in [4.78, 5) is 21.8. The van der Waals surface area contributed by atoms with E-state index in [-0.39, 0.29) is 23.5 Å². The molecule has 0 unspecified atom stereocenters. The fraction of sp³-hybridized carbons (Fsp3) is 0.333. The van der Waals surface area contributed by atoms with Crippen molar-refractivity contribution in [1.82, 2.24) is 5.32 Å². The summed E-state index contributed by atoms with van der Waals surface area (Å²) in [7, 11) is 0. The van der Waals surface area contributed by atoms with Crippen molar-refractivity contribution in [3.63, 3.8) is 0 Å². The largest absolute Gasteiger partial charge is 0.508 e. The number of carbonyl (C=O) groups is 2. The molecule has 0 spiro atoms. The number of phenolic OH excluding ortho intramolecular Hbond substituents is 2. The van der Waals surface area contributed by atoms with Crippen LogP contribution in [0.4, 0.5) is 0 Å². The zero-order valence-corrected chi connectivity index (χ0v) is 9.72. The average Bonchev–Trinajstić information content (AvgIpc) is 2.26. The van der Waals surface area contributed by atoms with Gasteiger partial charge in [0.25, 0.3) is 5.91 Å². The highest BCUT2D eigenvalue weighted by Crippen LogP contribution is 2.20.